The molecule has 0 saturated heterocycles. The molecular weight excluding hydrogens is 288 g/mol. The first-order valence-electron chi connectivity index (χ1n) is 8.60. The van der Waals surface area contributed by atoms with Crippen LogP contribution in [0.15, 0.2) is 35.9 Å². The third-order valence-electron chi connectivity index (χ3n) is 4.20. The third kappa shape index (κ3) is 6.76. The second-order valence-electron chi connectivity index (χ2n) is 5.99. The topological polar surface area (TPSA) is 50.4 Å². The zero-order valence-corrected chi connectivity index (χ0v) is 14.1. The monoisotopic (exact) mass is 316 g/mol. The van der Waals surface area contributed by atoms with Crippen molar-refractivity contribution < 1.29 is 9.53 Å². The minimum atomic E-state index is -0.0591. The quantitative estimate of drug-likeness (QED) is 0.566. The van der Waals surface area contributed by atoms with Crippen molar-refractivity contribution in [1.29, 1.82) is 0 Å². The van der Waals surface area contributed by atoms with E-state index in [0.717, 1.165) is 31.6 Å². The van der Waals surface area contributed by atoms with Gasteiger partial charge in [-0.25, -0.2) is 4.79 Å². The largest absolute Gasteiger partial charge is 0.497 e. The first-order valence-corrected chi connectivity index (χ1v) is 8.60. The summed E-state index contributed by atoms with van der Waals surface area (Å²) >= 11 is 0. The Hall–Kier alpha value is -1.97. The normalized spacial score (nSPS) is 14.0. The van der Waals surface area contributed by atoms with Gasteiger partial charge in [-0.2, -0.15) is 0 Å². The summed E-state index contributed by atoms with van der Waals surface area (Å²) in [6.45, 7) is 1.43. The SMILES string of the molecule is COc1ccc(CCCNC(=O)NCCC2=CCCCC2)cc1. The van der Waals surface area contributed by atoms with Crippen molar-refractivity contribution in [2.24, 2.45) is 0 Å². The fourth-order valence-electron chi connectivity index (χ4n) is 2.82. The van der Waals surface area contributed by atoms with Gasteiger partial charge in [-0.15, -0.1) is 0 Å². The highest BCUT2D eigenvalue weighted by Gasteiger charge is 2.04. The van der Waals surface area contributed by atoms with E-state index in [1.165, 1.54) is 36.8 Å². The van der Waals surface area contributed by atoms with Crippen molar-refractivity contribution in [2.45, 2.75) is 44.9 Å². The number of hydrogen-bond donors (Lipinski definition) is 2. The Morgan fingerprint density at radius 2 is 1.87 bits per heavy atom. The Balaban J connectivity index is 1.53. The maximum Gasteiger partial charge on any atom is 0.314 e. The maximum atomic E-state index is 11.7. The Morgan fingerprint density at radius 1 is 1.09 bits per heavy atom. The van der Waals surface area contributed by atoms with Crippen LogP contribution in [0.2, 0.25) is 0 Å². The van der Waals surface area contributed by atoms with Crippen LogP contribution >= 0.6 is 0 Å². The lowest BCUT2D eigenvalue weighted by Gasteiger charge is -2.13. The zero-order valence-electron chi connectivity index (χ0n) is 14.1. The molecule has 23 heavy (non-hydrogen) atoms. The summed E-state index contributed by atoms with van der Waals surface area (Å²) in [5.74, 6) is 0.874. The van der Waals surface area contributed by atoms with Gasteiger partial charge in [0, 0.05) is 13.1 Å². The van der Waals surface area contributed by atoms with Gasteiger partial charge in [0.15, 0.2) is 0 Å². The van der Waals surface area contributed by atoms with Crippen molar-refractivity contribution in [3.05, 3.63) is 41.5 Å². The summed E-state index contributed by atoms with van der Waals surface area (Å²) in [6.07, 6.45) is 10.2. The number of amides is 2. The van der Waals surface area contributed by atoms with E-state index in [-0.39, 0.29) is 6.03 Å². The first kappa shape index (κ1) is 17.4. The van der Waals surface area contributed by atoms with E-state index in [2.05, 4.69) is 28.8 Å². The Morgan fingerprint density at radius 3 is 2.57 bits per heavy atom. The van der Waals surface area contributed by atoms with Gasteiger partial charge in [0.05, 0.1) is 7.11 Å². The number of methoxy groups -OCH3 is 1. The molecule has 0 radical (unpaired) electrons. The predicted octanol–water partition coefficient (Wildman–Crippen LogP) is 3.82. The summed E-state index contributed by atoms with van der Waals surface area (Å²) < 4.78 is 5.14. The van der Waals surface area contributed by atoms with Crippen molar-refractivity contribution in [2.75, 3.05) is 20.2 Å². The van der Waals surface area contributed by atoms with Crippen LogP contribution in [-0.4, -0.2) is 26.2 Å². The van der Waals surface area contributed by atoms with Crippen molar-refractivity contribution >= 4 is 6.03 Å². The lowest BCUT2D eigenvalue weighted by Crippen LogP contribution is -2.36. The molecule has 0 aromatic heterocycles. The number of carbonyl (C=O) groups is 1. The number of hydrogen-bond acceptors (Lipinski definition) is 2. The van der Waals surface area contributed by atoms with Crippen molar-refractivity contribution in [3.8, 4) is 5.75 Å². The number of ether oxygens (including phenoxy) is 1. The van der Waals surface area contributed by atoms with Crippen LogP contribution in [0.1, 0.15) is 44.1 Å². The molecule has 1 aromatic carbocycles. The second kappa shape index (κ2) is 9.93. The molecule has 4 nitrogen and oxygen atoms in total. The average Bonchev–Trinajstić information content (AvgIpc) is 2.60. The molecule has 0 spiro atoms. The van der Waals surface area contributed by atoms with E-state index < -0.39 is 0 Å². The van der Waals surface area contributed by atoms with E-state index in [1.807, 2.05) is 12.1 Å². The summed E-state index contributed by atoms with van der Waals surface area (Å²) in [4.78, 5) is 11.7. The molecule has 2 N–H and O–H groups in total. The van der Waals surface area contributed by atoms with Crippen LogP contribution in [0.4, 0.5) is 4.79 Å². The highest BCUT2D eigenvalue weighted by Crippen LogP contribution is 2.19. The minimum absolute atomic E-state index is 0.0591. The third-order valence-corrected chi connectivity index (χ3v) is 4.20. The van der Waals surface area contributed by atoms with Gasteiger partial charge in [-0.3, -0.25) is 0 Å². The molecule has 126 valence electrons. The molecule has 0 heterocycles. The number of nitrogens with one attached hydrogen (secondary N) is 2. The fraction of sp³-hybridized carbons (Fsp3) is 0.526. The number of rotatable bonds is 8. The van der Waals surface area contributed by atoms with Crippen molar-refractivity contribution in [3.63, 3.8) is 0 Å². The maximum absolute atomic E-state index is 11.7. The molecule has 0 saturated carbocycles. The summed E-state index contributed by atoms with van der Waals surface area (Å²) in [7, 11) is 1.67. The number of allylic oxidation sites excluding steroid dienone is 1. The van der Waals surface area contributed by atoms with E-state index in [9.17, 15) is 4.79 Å². The van der Waals surface area contributed by atoms with E-state index in [0.29, 0.717) is 6.54 Å². The molecule has 1 aliphatic rings. The molecule has 0 bridgehead atoms. The van der Waals surface area contributed by atoms with Crippen molar-refractivity contribution in [1.82, 2.24) is 10.6 Å². The summed E-state index contributed by atoms with van der Waals surface area (Å²) in [5, 5.41) is 5.86. The Labute approximate surface area is 139 Å². The smallest absolute Gasteiger partial charge is 0.314 e. The number of urea groups is 1. The molecule has 1 aliphatic carbocycles. The van der Waals surface area contributed by atoms with Gasteiger partial charge in [-0.1, -0.05) is 23.8 Å². The van der Waals surface area contributed by atoms with Gasteiger partial charge >= 0.3 is 6.03 Å². The van der Waals surface area contributed by atoms with Crippen LogP contribution in [0.3, 0.4) is 0 Å². The van der Waals surface area contributed by atoms with Crippen LogP contribution in [0.25, 0.3) is 0 Å². The molecule has 1 aromatic rings. The Bertz CT molecular complexity index is 509. The molecule has 2 amide bonds. The molecule has 0 atom stereocenters. The number of carbonyl (C=O) groups excluding carboxylic acids is 1. The second-order valence-corrected chi connectivity index (χ2v) is 5.99. The van der Waals surface area contributed by atoms with Gasteiger partial charge < -0.3 is 15.4 Å². The van der Waals surface area contributed by atoms with E-state index >= 15 is 0 Å². The van der Waals surface area contributed by atoms with Crippen LogP contribution < -0.4 is 15.4 Å². The van der Waals surface area contributed by atoms with Gasteiger partial charge in [-0.05, 0) is 62.6 Å². The van der Waals surface area contributed by atoms with Gasteiger partial charge in [0.25, 0.3) is 0 Å². The number of aryl methyl sites for hydroxylation is 1. The number of benzene rings is 1. The Kier molecular flexibility index (Phi) is 7.50. The lowest BCUT2D eigenvalue weighted by molar-refractivity contribution is 0.241. The van der Waals surface area contributed by atoms with E-state index in [1.54, 1.807) is 7.11 Å². The predicted molar refractivity (Wildman–Crippen MR) is 93.9 cm³/mol. The van der Waals surface area contributed by atoms with Crippen LogP contribution in [-0.2, 0) is 6.42 Å². The van der Waals surface area contributed by atoms with Crippen LogP contribution in [0.5, 0.6) is 5.75 Å². The molecule has 2 rings (SSSR count). The minimum Gasteiger partial charge on any atom is -0.497 e. The molecular formula is C19H28N2O2. The lowest BCUT2D eigenvalue weighted by atomic mass is 9.97. The molecule has 0 fully saturated rings. The van der Waals surface area contributed by atoms with Crippen LogP contribution in [0, 0.1) is 0 Å². The summed E-state index contributed by atoms with van der Waals surface area (Å²) in [5.41, 5.74) is 2.76. The standard InChI is InChI=1S/C19H28N2O2/c1-23-18-11-9-17(10-12-18)8-5-14-20-19(22)21-15-13-16-6-3-2-4-7-16/h6,9-12H,2-5,7-8,13-15H2,1H3,(H2,20,21,22). The fourth-order valence-corrected chi connectivity index (χ4v) is 2.82. The highest BCUT2D eigenvalue weighted by atomic mass is 16.5. The molecule has 0 aliphatic heterocycles. The van der Waals surface area contributed by atoms with Gasteiger partial charge in [0.2, 0.25) is 0 Å². The molecule has 4 heteroatoms. The molecule has 0 unspecified atom stereocenters. The highest BCUT2D eigenvalue weighted by molar-refractivity contribution is 5.73. The first-order chi connectivity index (χ1) is 11.3. The summed E-state index contributed by atoms with van der Waals surface area (Å²) in [6, 6.07) is 8.01. The van der Waals surface area contributed by atoms with E-state index in [4.69, 9.17) is 4.74 Å². The van der Waals surface area contributed by atoms with Gasteiger partial charge in [0.1, 0.15) is 5.75 Å². The average molecular weight is 316 g/mol. The zero-order chi connectivity index (χ0) is 16.3.